The molecule has 1 aliphatic rings. The van der Waals surface area contributed by atoms with Crippen molar-refractivity contribution in [1.29, 1.82) is 0 Å². The van der Waals surface area contributed by atoms with Crippen molar-refractivity contribution in [2.45, 2.75) is 43.5 Å². The number of anilines is 1. The molecular formula is C12H19N3OS. The molecule has 1 heterocycles. The molecule has 1 saturated carbocycles. The van der Waals surface area contributed by atoms with Crippen LogP contribution >= 0.6 is 11.8 Å². The molecule has 4 nitrogen and oxygen atoms in total. The second-order valence-electron chi connectivity index (χ2n) is 4.63. The molecule has 1 aliphatic carbocycles. The predicted octanol–water partition coefficient (Wildman–Crippen LogP) is 2.16. The molecule has 1 aromatic heterocycles. The summed E-state index contributed by atoms with van der Waals surface area (Å²) in [7, 11) is 0. The Kier molecular flexibility index (Phi) is 4.23. The molecule has 1 fully saturated rings. The smallest absolute Gasteiger partial charge is 0.189 e. The molecule has 0 unspecified atom stereocenters. The minimum absolute atomic E-state index is 0.192. The second kappa shape index (κ2) is 5.69. The first-order valence-electron chi connectivity index (χ1n) is 6.00. The van der Waals surface area contributed by atoms with Crippen LogP contribution in [0.5, 0.6) is 0 Å². The number of nitrogens with one attached hydrogen (secondary N) is 1. The lowest BCUT2D eigenvalue weighted by Crippen LogP contribution is -2.35. The molecule has 3 atom stereocenters. The van der Waals surface area contributed by atoms with Gasteiger partial charge in [0.05, 0.1) is 6.10 Å². The fourth-order valence-electron chi connectivity index (χ4n) is 2.16. The van der Waals surface area contributed by atoms with E-state index in [4.69, 9.17) is 0 Å². The third-order valence-electron chi connectivity index (χ3n) is 3.32. The van der Waals surface area contributed by atoms with E-state index < -0.39 is 0 Å². The van der Waals surface area contributed by atoms with Gasteiger partial charge in [-0.25, -0.2) is 9.97 Å². The molecule has 0 radical (unpaired) electrons. The molecule has 2 N–H and O–H groups in total. The highest BCUT2D eigenvalue weighted by Gasteiger charge is 2.26. The summed E-state index contributed by atoms with van der Waals surface area (Å²) in [6, 6.07) is 2.20. The molecule has 0 amide bonds. The molecular weight excluding hydrogens is 234 g/mol. The van der Waals surface area contributed by atoms with Crippen LogP contribution < -0.4 is 5.32 Å². The van der Waals surface area contributed by atoms with Gasteiger partial charge >= 0.3 is 0 Å². The lowest BCUT2D eigenvalue weighted by molar-refractivity contribution is 0.0739. The normalized spacial score (nSPS) is 29.0. The first-order valence-corrected chi connectivity index (χ1v) is 7.23. The summed E-state index contributed by atoms with van der Waals surface area (Å²) >= 11 is 1.53. The van der Waals surface area contributed by atoms with Crippen LogP contribution in [0, 0.1) is 5.92 Å². The third-order valence-corrected chi connectivity index (χ3v) is 3.88. The summed E-state index contributed by atoms with van der Waals surface area (Å²) in [5, 5.41) is 14.0. The van der Waals surface area contributed by atoms with E-state index in [1.54, 1.807) is 6.20 Å². The van der Waals surface area contributed by atoms with Crippen LogP contribution in [-0.4, -0.2) is 33.5 Å². The van der Waals surface area contributed by atoms with Crippen LogP contribution in [0.2, 0.25) is 0 Å². The highest BCUT2D eigenvalue weighted by molar-refractivity contribution is 7.98. The summed E-state index contributed by atoms with van der Waals surface area (Å²) in [6.45, 7) is 2.11. The Morgan fingerprint density at radius 2 is 2.29 bits per heavy atom. The maximum atomic E-state index is 9.85. The van der Waals surface area contributed by atoms with Crippen LogP contribution in [0.25, 0.3) is 0 Å². The van der Waals surface area contributed by atoms with Gasteiger partial charge in [-0.15, -0.1) is 0 Å². The maximum absolute atomic E-state index is 9.85. The zero-order valence-electron chi connectivity index (χ0n) is 10.3. The SMILES string of the molecule is CSc1nccc(N[C@@H]2CC[C@@H](C)[C@H](O)C2)n1. The number of aromatic nitrogens is 2. The summed E-state index contributed by atoms with van der Waals surface area (Å²) in [4.78, 5) is 8.53. The van der Waals surface area contributed by atoms with Gasteiger partial charge in [-0.2, -0.15) is 0 Å². The number of aliphatic hydroxyl groups excluding tert-OH is 1. The molecule has 0 aliphatic heterocycles. The summed E-state index contributed by atoms with van der Waals surface area (Å²) in [6.07, 6.45) is 6.51. The fraction of sp³-hybridized carbons (Fsp3) is 0.667. The van der Waals surface area contributed by atoms with Crippen molar-refractivity contribution in [3.63, 3.8) is 0 Å². The minimum atomic E-state index is -0.192. The number of nitrogens with zero attached hydrogens (tertiary/aromatic N) is 2. The Bertz CT molecular complexity index is 375. The van der Waals surface area contributed by atoms with E-state index in [-0.39, 0.29) is 6.10 Å². The number of rotatable bonds is 3. The van der Waals surface area contributed by atoms with Crippen LogP contribution in [0.3, 0.4) is 0 Å². The molecule has 0 aromatic carbocycles. The van der Waals surface area contributed by atoms with Gasteiger partial charge in [0, 0.05) is 12.2 Å². The van der Waals surface area contributed by atoms with E-state index in [9.17, 15) is 5.11 Å². The molecule has 2 rings (SSSR count). The highest BCUT2D eigenvalue weighted by atomic mass is 32.2. The summed E-state index contributed by atoms with van der Waals surface area (Å²) in [5.74, 6) is 1.27. The van der Waals surface area contributed by atoms with E-state index in [0.29, 0.717) is 12.0 Å². The van der Waals surface area contributed by atoms with Gasteiger partial charge in [0.25, 0.3) is 0 Å². The van der Waals surface area contributed by atoms with Crippen molar-refractivity contribution in [2.24, 2.45) is 5.92 Å². The summed E-state index contributed by atoms with van der Waals surface area (Å²) < 4.78 is 0. The zero-order chi connectivity index (χ0) is 12.3. The highest BCUT2D eigenvalue weighted by Crippen LogP contribution is 2.26. The van der Waals surface area contributed by atoms with Crippen LogP contribution in [-0.2, 0) is 0 Å². The van der Waals surface area contributed by atoms with Crippen LogP contribution in [0.1, 0.15) is 26.2 Å². The van der Waals surface area contributed by atoms with Crippen LogP contribution in [0.4, 0.5) is 5.82 Å². The van der Waals surface area contributed by atoms with Crippen molar-refractivity contribution < 1.29 is 5.11 Å². The van der Waals surface area contributed by atoms with Crippen LogP contribution in [0.15, 0.2) is 17.4 Å². The first kappa shape index (κ1) is 12.6. The molecule has 1 aromatic rings. The number of hydrogen-bond donors (Lipinski definition) is 2. The molecule has 94 valence electrons. The lowest BCUT2D eigenvalue weighted by atomic mass is 9.85. The van der Waals surface area contributed by atoms with Gasteiger partial charge in [0.2, 0.25) is 0 Å². The molecule has 0 saturated heterocycles. The topological polar surface area (TPSA) is 58.0 Å². The number of hydrogen-bond acceptors (Lipinski definition) is 5. The van der Waals surface area contributed by atoms with Gasteiger partial charge in [-0.05, 0) is 37.5 Å². The molecule has 17 heavy (non-hydrogen) atoms. The van der Waals surface area contributed by atoms with Crippen molar-refractivity contribution >= 4 is 17.6 Å². The second-order valence-corrected chi connectivity index (χ2v) is 5.40. The monoisotopic (exact) mass is 253 g/mol. The lowest BCUT2D eigenvalue weighted by Gasteiger charge is -2.31. The Labute approximate surface area is 106 Å². The molecule has 5 heteroatoms. The fourth-order valence-corrected chi connectivity index (χ4v) is 2.51. The van der Waals surface area contributed by atoms with E-state index in [2.05, 4.69) is 22.2 Å². The Balaban J connectivity index is 1.96. The Hall–Kier alpha value is -0.810. The maximum Gasteiger partial charge on any atom is 0.189 e. The van der Waals surface area contributed by atoms with Crippen molar-refractivity contribution in [1.82, 2.24) is 9.97 Å². The van der Waals surface area contributed by atoms with E-state index in [1.165, 1.54) is 11.8 Å². The average Bonchev–Trinajstić information content (AvgIpc) is 2.34. The predicted molar refractivity (Wildman–Crippen MR) is 70.2 cm³/mol. The number of thioether (sulfide) groups is 1. The average molecular weight is 253 g/mol. The van der Waals surface area contributed by atoms with Gasteiger partial charge in [0.1, 0.15) is 5.82 Å². The van der Waals surface area contributed by atoms with E-state index >= 15 is 0 Å². The minimum Gasteiger partial charge on any atom is -0.393 e. The van der Waals surface area contributed by atoms with Crippen molar-refractivity contribution in [3.05, 3.63) is 12.3 Å². The van der Waals surface area contributed by atoms with E-state index in [0.717, 1.165) is 30.2 Å². The van der Waals surface area contributed by atoms with Gasteiger partial charge in [-0.1, -0.05) is 18.7 Å². The number of aliphatic hydroxyl groups is 1. The largest absolute Gasteiger partial charge is 0.393 e. The third kappa shape index (κ3) is 3.33. The summed E-state index contributed by atoms with van der Waals surface area (Å²) in [5.41, 5.74) is 0. The van der Waals surface area contributed by atoms with Crippen molar-refractivity contribution in [2.75, 3.05) is 11.6 Å². The van der Waals surface area contributed by atoms with E-state index in [1.807, 2.05) is 12.3 Å². The van der Waals surface area contributed by atoms with Gasteiger partial charge in [-0.3, -0.25) is 0 Å². The standard InChI is InChI=1S/C12H19N3OS/c1-8-3-4-9(7-10(8)16)14-11-5-6-13-12(15-11)17-2/h5-6,8-10,16H,3-4,7H2,1-2H3,(H,13,14,15)/t8-,9-,10-/m1/s1. The van der Waals surface area contributed by atoms with Gasteiger partial charge in [0.15, 0.2) is 5.16 Å². The Morgan fingerprint density at radius 3 is 3.00 bits per heavy atom. The van der Waals surface area contributed by atoms with Gasteiger partial charge < -0.3 is 10.4 Å². The first-order chi connectivity index (χ1) is 8.19. The van der Waals surface area contributed by atoms with Crippen molar-refractivity contribution in [3.8, 4) is 0 Å². The Morgan fingerprint density at radius 1 is 1.47 bits per heavy atom. The molecule has 0 bridgehead atoms. The quantitative estimate of drug-likeness (QED) is 0.638. The zero-order valence-corrected chi connectivity index (χ0v) is 11.1. The molecule has 0 spiro atoms.